The van der Waals surface area contributed by atoms with Crippen LogP contribution in [0.2, 0.25) is 0 Å². The van der Waals surface area contributed by atoms with Crippen LogP contribution in [0.25, 0.3) is 0 Å². The third kappa shape index (κ3) is 2.72. The standard InChI is InChI=1S/C10H12ClNO2/c1-7-4-3-5-8(9(11)6-7)10(13)12-14-2/h3,5-6H,4H2,1-2H3,(H,12,13). The van der Waals surface area contributed by atoms with Crippen LogP contribution in [0.15, 0.2) is 34.4 Å². The fraction of sp³-hybridized carbons (Fsp3) is 0.300. The molecule has 0 bridgehead atoms. The summed E-state index contributed by atoms with van der Waals surface area (Å²) in [6.07, 6.45) is 6.18. The van der Waals surface area contributed by atoms with Gasteiger partial charge in [-0.15, -0.1) is 0 Å². The van der Waals surface area contributed by atoms with E-state index in [0.717, 1.165) is 12.0 Å². The average Bonchev–Trinajstić information content (AvgIpc) is 2.27. The van der Waals surface area contributed by atoms with Gasteiger partial charge in [-0.3, -0.25) is 9.63 Å². The van der Waals surface area contributed by atoms with Gasteiger partial charge in [-0.25, -0.2) is 5.48 Å². The van der Waals surface area contributed by atoms with Crippen LogP contribution in [0.3, 0.4) is 0 Å². The molecule has 76 valence electrons. The lowest BCUT2D eigenvalue weighted by Crippen LogP contribution is -2.23. The molecule has 0 aromatic carbocycles. The number of nitrogens with one attached hydrogen (secondary N) is 1. The molecule has 1 aliphatic rings. The topological polar surface area (TPSA) is 38.3 Å². The normalized spacial score (nSPS) is 16.4. The summed E-state index contributed by atoms with van der Waals surface area (Å²) in [7, 11) is 1.38. The molecule has 1 aliphatic carbocycles. The molecular formula is C10H12ClNO2. The predicted octanol–water partition coefficient (Wildman–Crippen LogP) is 2.06. The highest BCUT2D eigenvalue weighted by molar-refractivity contribution is 6.34. The number of rotatable bonds is 2. The van der Waals surface area contributed by atoms with Crippen molar-refractivity contribution in [1.29, 1.82) is 0 Å². The number of hydrogen-bond acceptors (Lipinski definition) is 2. The summed E-state index contributed by atoms with van der Waals surface area (Å²) in [6.45, 7) is 1.96. The molecule has 1 N–H and O–H groups in total. The van der Waals surface area contributed by atoms with E-state index in [1.807, 2.05) is 13.0 Å². The fourth-order valence-corrected chi connectivity index (χ4v) is 1.46. The van der Waals surface area contributed by atoms with Crippen molar-refractivity contribution >= 4 is 17.5 Å². The Morgan fingerprint density at radius 2 is 2.36 bits per heavy atom. The first-order valence-corrected chi connectivity index (χ1v) is 4.59. The van der Waals surface area contributed by atoms with E-state index in [1.165, 1.54) is 7.11 Å². The SMILES string of the molecule is CONC(=O)C1=C(Cl)C=C(C)CC=C1. The average molecular weight is 214 g/mol. The van der Waals surface area contributed by atoms with Crippen molar-refractivity contribution < 1.29 is 9.63 Å². The maximum atomic E-state index is 11.4. The van der Waals surface area contributed by atoms with E-state index in [9.17, 15) is 4.79 Å². The second-order valence-electron chi connectivity index (χ2n) is 2.99. The summed E-state index contributed by atoms with van der Waals surface area (Å²) in [5.41, 5.74) is 3.77. The number of allylic oxidation sites excluding steroid dienone is 4. The molecule has 0 saturated heterocycles. The van der Waals surface area contributed by atoms with Gasteiger partial charge in [-0.1, -0.05) is 29.3 Å². The molecule has 3 nitrogen and oxygen atoms in total. The van der Waals surface area contributed by atoms with Crippen molar-refractivity contribution in [3.8, 4) is 0 Å². The molecule has 1 rings (SSSR count). The van der Waals surface area contributed by atoms with E-state index in [4.69, 9.17) is 11.6 Å². The van der Waals surface area contributed by atoms with Gasteiger partial charge in [-0.2, -0.15) is 0 Å². The van der Waals surface area contributed by atoms with Crippen molar-refractivity contribution in [3.05, 3.63) is 34.4 Å². The number of carbonyl (C=O) groups is 1. The first-order valence-electron chi connectivity index (χ1n) is 4.22. The van der Waals surface area contributed by atoms with Crippen LogP contribution in [-0.4, -0.2) is 13.0 Å². The van der Waals surface area contributed by atoms with Crippen LogP contribution in [-0.2, 0) is 9.63 Å². The summed E-state index contributed by atoms with van der Waals surface area (Å²) in [5, 5.41) is 0.436. The molecule has 0 fully saturated rings. The van der Waals surface area contributed by atoms with Crippen LogP contribution < -0.4 is 5.48 Å². The molecule has 0 radical (unpaired) electrons. The highest BCUT2D eigenvalue weighted by Gasteiger charge is 2.11. The van der Waals surface area contributed by atoms with E-state index < -0.39 is 0 Å². The molecule has 0 heterocycles. The minimum atomic E-state index is -0.334. The lowest BCUT2D eigenvalue weighted by molar-refractivity contribution is -0.127. The largest absolute Gasteiger partial charge is 0.277 e. The van der Waals surface area contributed by atoms with E-state index in [2.05, 4.69) is 10.3 Å². The van der Waals surface area contributed by atoms with E-state index in [1.54, 1.807) is 12.2 Å². The molecule has 0 aliphatic heterocycles. The Balaban J connectivity index is 2.95. The van der Waals surface area contributed by atoms with Crippen LogP contribution >= 0.6 is 11.6 Å². The summed E-state index contributed by atoms with van der Waals surface area (Å²) in [4.78, 5) is 15.9. The zero-order valence-electron chi connectivity index (χ0n) is 8.13. The second-order valence-corrected chi connectivity index (χ2v) is 3.40. The maximum Gasteiger partial charge on any atom is 0.276 e. The number of amides is 1. The van der Waals surface area contributed by atoms with Gasteiger partial charge in [0.15, 0.2) is 0 Å². The van der Waals surface area contributed by atoms with Gasteiger partial charge < -0.3 is 0 Å². The zero-order chi connectivity index (χ0) is 10.6. The Hall–Kier alpha value is -1.06. The molecule has 0 unspecified atom stereocenters. The maximum absolute atomic E-state index is 11.4. The van der Waals surface area contributed by atoms with Gasteiger partial charge in [-0.05, 0) is 19.4 Å². The quantitative estimate of drug-likeness (QED) is 0.714. The number of carbonyl (C=O) groups excluding carboxylic acids is 1. The van der Waals surface area contributed by atoms with Crippen molar-refractivity contribution in [2.45, 2.75) is 13.3 Å². The molecule has 1 amide bonds. The first kappa shape index (κ1) is 11.0. The van der Waals surface area contributed by atoms with E-state index in [0.29, 0.717) is 10.6 Å². The van der Waals surface area contributed by atoms with Crippen LogP contribution in [0, 0.1) is 0 Å². The third-order valence-corrected chi connectivity index (χ3v) is 2.11. The van der Waals surface area contributed by atoms with E-state index >= 15 is 0 Å². The van der Waals surface area contributed by atoms with Gasteiger partial charge in [0.2, 0.25) is 0 Å². The van der Waals surface area contributed by atoms with Crippen LogP contribution in [0.4, 0.5) is 0 Å². The number of hydroxylamine groups is 1. The fourth-order valence-electron chi connectivity index (χ4n) is 1.13. The molecular weight excluding hydrogens is 202 g/mol. The van der Waals surface area contributed by atoms with Gasteiger partial charge in [0.25, 0.3) is 5.91 Å². The lowest BCUT2D eigenvalue weighted by Gasteiger charge is -2.02. The Bertz CT molecular complexity index is 329. The van der Waals surface area contributed by atoms with Crippen molar-refractivity contribution in [3.63, 3.8) is 0 Å². The lowest BCUT2D eigenvalue weighted by atomic mass is 10.2. The van der Waals surface area contributed by atoms with Crippen molar-refractivity contribution in [2.24, 2.45) is 0 Å². The minimum absolute atomic E-state index is 0.334. The second kappa shape index (κ2) is 4.98. The first-order chi connectivity index (χ1) is 6.65. The predicted molar refractivity (Wildman–Crippen MR) is 55.5 cm³/mol. The van der Waals surface area contributed by atoms with Gasteiger partial charge in [0.1, 0.15) is 0 Å². The van der Waals surface area contributed by atoms with Gasteiger partial charge >= 0.3 is 0 Å². The highest BCUT2D eigenvalue weighted by Crippen LogP contribution is 2.20. The molecule has 4 heteroatoms. The summed E-state index contributed by atoms with van der Waals surface area (Å²) in [5.74, 6) is -0.334. The molecule has 0 atom stereocenters. The van der Waals surface area contributed by atoms with Gasteiger partial charge in [0.05, 0.1) is 17.7 Å². The number of hydrogen-bond donors (Lipinski definition) is 1. The van der Waals surface area contributed by atoms with Gasteiger partial charge in [0, 0.05) is 0 Å². The Morgan fingerprint density at radius 3 is 3.00 bits per heavy atom. The highest BCUT2D eigenvalue weighted by atomic mass is 35.5. The molecule has 0 saturated carbocycles. The van der Waals surface area contributed by atoms with Crippen LogP contribution in [0.5, 0.6) is 0 Å². The monoisotopic (exact) mass is 213 g/mol. The Kier molecular flexibility index (Phi) is 3.92. The molecule has 0 aromatic heterocycles. The van der Waals surface area contributed by atoms with E-state index in [-0.39, 0.29) is 5.91 Å². The Morgan fingerprint density at radius 1 is 1.64 bits per heavy atom. The smallest absolute Gasteiger partial charge is 0.276 e. The molecule has 0 aromatic rings. The molecule has 14 heavy (non-hydrogen) atoms. The summed E-state index contributed by atoms with van der Waals surface area (Å²) >= 11 is 5.95. The van der Waals surface area contributed by atoms with Crippen LogP contribution in [0.1, 0.15) is 13.3 Å². The zero-order valence-corrected chi connectivity index (χ0v) is 8.89. The number of halogens is 1. The third-order valence-electron chi connectivity index (χ3n) is 1.79. The van der Waals surface area contributed by atoms with Crippen molar-refractivity contribution in [1.82, 2.24) is 5.48 Å². The molecule has 0 spiro atoms. The summed E-state index contributed by atoms with van der Waals surface area (Å²) in [6, 6.07) is 0. The van der Waals surface area contributed by atoms with Crippen molar-refractivity contribution in [2.75, 3.05) is 7.11 Å². The summed E-state index contributed by atoms with van der Waals surface area (Å²) < 4.78 is 0. The minimum Gasteiger partial charge on any atom is -0.277 e. The Labute approximate surface area is 88.0 Å².